The monoisotopic (exact) mass is 270 g/mol. The fourth-order valence-electron chi connectivity index (χ4n) is 2.09. The lowest BCUT2D eigenvalue weighted by molar-refractivity contribution is 0.00844. The number of rotatable bonds is 2. The maximum Gasteiger partial charge on any atom is 0.137 e. The van der Waals surface area contributed by atoms with Crippen LogP contribution in [0.1, 0.15) is 44.0 Å². The van der Waals surface area contributed by atoms with Crippen molar-refractivity contribution in [3.05, 3.63) is 21.7 Å². The minimum absolute atomic E-state index is 0.00000709. The summed E-state index contributed by atoms with van der Waals surface area (Å²) >= 11 is 7.23. The molecule has 0 saturated carbocycles. The fraction of sp³-hybridized carbons (Fsp3) is 0.667. The molecule has 2 rings (SSSR count). The quantitative estimate of drug-likeness (QED) is 0.833. The lowest BCUT2D eigenvalue weighted by Gasteiger charge is -2.28. The van der Waals surface area contributed by atoms with E-state index in [0.717, 1.165) is 22.0 Å². The van der Waals surface area contributed by atoms with Crippen molar-refractivity contribution < 1.29 is 4.74 Å². The maximum absolute atomic E-state index is 5.57. The van der Waals surface area contributed by atoms with Crippen LogP contribution in [-0.2, 0) is 16.2 Å². The molecule has 0 fully saturated rings. The van der Waals surface area contributed by atoms with Gasteiger partial charge < -0.3 is 9.72 Å². The van der Waals surface area contributed by atoms with E-state index in [2.05, 4.69) is 30.7 Å². The van der Waals surface area contributed by atoms with E-state index in [0.29, 0.717) is 0 Å². The van der Waals surface area contributed by atoms with Crippen molar-refractivity contribution >= 4 is 24.0 Å². The number of hydrogen-bond donors (Lipinski definition) is 1. The second kappa shape index (κ2) is 4.71. The number of methoxy groups -OCH3 is 1. The summed E-state index contributed by atoms with van der Waals surface area (Å²) in [7, 11) is 1.72. The lowest BCUT2D eigenvalue weighted by Crippen LogP contribution is -2.23. The number of ether oxygens (including phenoxy) is 1. The van der Waals surface area contributed by atoms with Gasteiger partial charge in [-0.3, -0.25) is 0 Å². The number of hydrogen-bond acceptors (Lipinski definition) is 4. The summed E-state index contributed by atoms with van der Waals surface area (Å²) in [5, 5.41) is 0. The van der Waals surface area contributed by atoms with Crippen molar-refractivity contribution in [2.75, 3.05) is 7.11 Å². The molecule has 0 aromatic carbocycles. The van der Waals surface area contributed by atoms with Gasteiger partial charge >= 0.3 is 0 Å². The molecule has 0 amide bonds. The average Bonchev–Trinajstić information content (AvgIpc) is 2.64. The first kappa shape index (κ1) is 13.1. The van der Waals surface area contributed by atoms with Crippen LogP contribution in [-0.4, -0.2) is 17.1 Å². The topological polar surface area (TPSA) is 37.9 Å². The molecule has 1 unspecified atom stereocenters. The first-order valence-electron chi connectivity index (χ1n) is 5.66. The Morgan fingerprint density at radius 2 is 2.12 bits per heavy atom. The van der Waals surface area contributed by atoms with Gasteiger partial charge in [0.05, 0.1) is 0 Å². The van der Waals surface area contributed by atoms with Crippen LogP contribution >= 0.6 is 24.0 Å². The number of fused-ring (bicyclic) bond motifs is 1. The molecule has 0 spiro atoms. The van der Waals surface area contributed by atoms with Crippen molar-refractivity contribution in [1.82, 2.24) is 9.97 Å². The Balaban J connectivity index is 2.46. The van der Waals surface area contributed by atoms with E-state index in [9.17, 15) is 0 Å². The lowest BCUT2D eigenvalue weighted by atomic mass is 9.88. The van der Waals surface area contributed by atoms with Crippen molar-refractivity contribution in [3.63, 3.8) is 0 Å². The Morgan fingerprint density at radius 3 is 2.71 bits per heavy atom. The Morgan fingerprint density at radius 1 is 1.41 bits per heavy atom. The van der Waals surface area contributed by atoms with Crippen LogP contribution in [0.3, 0.4) is 0 Å². The highest BCUT2D eigenvalue weighted by molar-refractivity contribution is 7.98. The van der Waals surface area contributed by atoms with Crippen LogP contribution < -0.4 is 0 Å². The van der Waals surface area contributed by atoms with Gasteiger partial charge in [-0.2, -0.15) is 11.8 Å². The van der Waals surface area contributed by atoms with E-state index in [4.69, 9.17) is 17.0 Å². The Labute approximate surface area is 111 Å². The molecule has 1 aliphatic heterocycles. The van der Waals surface area contributed by atoms with Gasteiger partial charge in [0.15, 0.2) is 0 Å². The van der Waals surface area contributed by atoms with Gasteiger partial charge in [-0.25, -0.2) is 4.98 Å². The smallest absolute Gasteiger partial charge is 0.137 e. The van der Waals surface area contributed by atoms with Crippen LogP contribution in [0.5, 0.6) is 0 Å². The van der Waals surface area contributed by atoms with Crippen LogP contribution in [0.4, 0.5) is 0 Å². The first-order chi connectivity index (χ1) is 7.93. The van der Waals surface area contributed by atoms with E-state index in [-0.39, 0.29) is 11.5 Å². The molecule has 1 atom stereocenters. The third-order valence-corrected chi connectivity index (χ3v) is 4.21. The molecule has 17 heavy (non-hydrogen) atoms. The molecule has 0 saturated heterocycles. The molecule has 1 N–H and O–H groups in total. The molecule has 2 heterocycles. The van der Waals surface area contributed by atoms with E-state index >= 15 is 0 Å². The van der Waals surface area contributed by atoms with E-state index < -0.39 is 0 Å². The fourth-order valence-corrected chi connectivity index (χ4v) is 3.54. The largest absolute Gasteiger partial charge is 0.373 e. The average molecular weight is 270 g/mol. The van der Waals surface area contributed by atoms with Gasteiger partial charge in [-0.15, -0.1) is 0 Å². The zero-order chi connectivity index (χ0) is 12.6. The third-order valence-electron chi connectivity index (χ3n) is 2.89. The Hall–Kier alpha value is -0.390. The highest BCUT2D eigenvalue weighted by atomic mass is 32.2. The predicted molar refractivity (Wildman–Crippen MR) is 73.6 cm³/mol. The van der Waals surface area contributed by atoms with Crippen molar-refractivity contribution in [1.29, 1.82) is 0 Å². The first-order valence-corrected chi connectivity index (χ1v) is 7.22. The number of aromatic nitrogens is 2. The molecule has 0 bridgehead atoms. The number of nitrogens with zero attached hydrogens (tertiary/aromatic N) is 1. The molecule has 3 nitrogen and oxygen atoms in total. The van der Waals surface area contributed by atoms with Gasteiger partial charge in [0.1, 0.15) is 16.6 Å². The molecule has 0 aliphatic carbocycles. The Kier molecular flexibility index (Phi) is 3.61. The minimum atomic E-state index is -0.0555. The molecule has 0 radical (unpaired) electrons. The molecule has 94 valence electrons. The van der Waals surface area contributed by atoms with E-state index in [1.54, 1.807) is 7.11 Å². The number of thioether (sulfide) groups is 1. The van der Waals surface area contributed by atoms with Crippen LogP contribution in [0.15, 0.2) is 0 Å². The summed E-state index contributed by atoms with van der Waals surface area (Å²) in [6, 6.07) is 0. The van der Waals surface area contributed by atoms with Gasteiger partial charge in [0.25, 0.3) is 0 Å². The SMILES string of the molecule is COC(c1nc(=S)c2c([nH]1)CSC2)C(C)(C)C. The zero-order valence-corrected chi connectivity index (χ0v) is 12.3. The summed E-state index contributed by atoms with van der Waals surface area (Å²) in [5.74, 6) is 2.83. The van der Waals surface area contributed by atoms with Gasteiger partial charge in [-0.1, -0.05) is 33.0 Å². The number of aromatic amines is 1. The van der Waals surface area contributed by atoms with Gasteiger partial charge in [-0.05, 0) is 5.41 Å². The molecule has 1 aromatic heterocycles. The normalized spacial score (nSPS) is 16.9. The summed E-state index contributed by atoms with van der Waals surface area (Å²) in [6.45, 7) is 6.42. The zero-order valence-electron chi connectivity index (χ0n) is 10.7. The van der Waals surface area contributed by atoms with Crippen LogP contribution in [0.2, 0.25) is 0 Å². The number of nitrogens with one attached hydrogen (secondary N) is 1. The second-order valence-electron chi connectivity index (χ2n) is 5.36. The van der Waals surface area contributed by atoms with E-state index in [1.165, 1.54) is 11.3 Å². The maximum atomic E-state index is 5.57. The van der Waals surface area contributed by atoms with Crippen molar-refractivity contribution in [3.8, 4) is 0 Å². The van der Waals surface area contributed by atoms with Crippen molar-refractivity contribution in [2.24, 2.45) is 5.41 Å². The molecule has 1 aromatic rings. The summed E-state index contributed by atoms with van der Waals surface area (Å²) < 4.78 is 6.30. The van der Waals surface area contributed by atoms with Crippen LogP contribution in [0.25, 0.3) is 0 Å². The standard InChI is InChI=1S/C12H18N2OS2/c1-12(2,3)9(15-4)10-13-8-6-17-5-7(8)11(16)14-10/h9H,5-6H2,1-4H3,(H,13,14,16). The van der Waals surface area contributed by atoms with Crippen molar-refractivity contribution in [2.45, 2.75) is 38.4 Å². The summed E-state index contributed by atoms with van der Waals surface area (Å²) in [4.78, 5) is 7.90. The van der Waals surface area contributed by atoms with Crippen LogP contribution in [0, 0.1) is 10.1 Å². The minimum Gasteiger partial charge on any atom is -0.373 e. The second-order valence-corrected chi connectivity index (χ2v) is 6.73. The molecule has 5 heteroatoms. The molecular formula is C12H18N2OS2. The predicted octanol–water partition coefficient (Wildman–Crippen LogP) is 3.62. The highest BCUT2D eigenvalue weighted by Gasteiger charge is 2.29. The molecule has 1 aliphatic rings. The highest BCUT2D eigenvalue weighted by Crippen LogP contribution is 2.36. The summed E-state index contributed by atoms with van der Waals surface area (Å²) in [5.41, 5.74) is 2.41. The third kappa shape index (κ3) is 2.56. The number of H-pyrrole nitrogens is 1. The van der Waals surface area contributed by atoms with E-state index in [1.807, 2.05) is 11.8 Å². The summed E-state index contributed by atoms with van der Waals surface area (Å²) in [6.07, 6.45) is -0.0555. The van der Waals surface area contributed by atoms with Gasteiger partial charge in [0.2, 0.25) is 0 Å². The Bertz CT molecular complexity index is 476. The molecular weight excluding hydrogens is 252 g/mol. The van der Waals surface area contributed by atoms with Gasteiger partial charge in [0, 0.05) is 29.9 Å².